The highest BCUT2D eigenvalue weighted by atomic mass is 19.4. The van der Waals surface area contributed by atoms with Crippen LogP contribution in [-0.4, -0.2) is 37.6 Å². The third-order valence-electron chi connectivity index (χ3n) is 3.29. The molecule has 1 aliphatic heterocycles. The zero-order chi connectivity index (χ0) is 13.9. The maximum atomic E-state index is 13.8. The fraction of sp³-hybridized carbons (Fsp3) is 0.538. The molecule has 0 amide bonds. The van der Waals surface area contributed by atoms with Crippen molar-refractivity contribution in [2.24, 2.45) is 0 Å². The highest BCUT2D eigenvalue weighted by Crippen LogP contribution is 2.32. The summed E-state index contributed by atoms with van der Waals surface area (Å²) in [5.74, 6) is -1.13. The average molecular weight is 276 g/mol. The van der Waals surface area contributed by atoms with Gasteiger partial charge in [0.2, 0.25) is 0 Å². The Labute approximate surface area is 109 Å². The summed E-state index contributed by atoms with van der Waals surface area (Å²) in [6.45, 7) is 4.01. The summed E-state index contributed by atoms with van der Waals surface area (Å²) in [6.07, 6.45) is -4.33. The van der Waals surface area contributed by atoms with Crippen LogP contribution in [0.4, 0.5) is 17.6 Å². The van der Waals surface area contributed by atoms with E-state index in [1.807, 2.05) is 0 Å². The van der Waals surface area contributed by atoms with Crippen LogP contribution in [0.3, 0.4) is 0 Å². The van der Waals surface area contributed by atoms with E-state index in [1.165, 1.54) is 12.1 Å². The molecule has 0 atom stereocenters. The predicted octanol–water partition coefficient (Wildman–Crippen LogP) is 2.29. The first-order chi connectivity index (χ1) is 8.98. The molecule has 0 unspecified atom stereocenters. The maximum Gasteiger partial charge on any atom is 0.419 e. The van der Waals surface area contributed by atoms with Crippen molar-refractivity contribution in [1.82, 2.24) is 10.2 Å². The summed E-state index contributed by atoms with van der Waals surface area (Å²) in [6, 6.07) is 3.47. The lowest BCUT2D eigenvalue weighted by Crippen LogP contribution is -2.44. The minimum Gasteiger partial charge on any atom is -0.314 e. The van der Waals surface area contributed by atoms with Crippen LogP contribution in [0, 0.1) is 5.82 Å². The van der Waals surface area contributed by atoms with Gasteiger partial charge in [-0.1, -0.05) is 12.1 Å². The average Bonchev–Trinajstić information content (AvgIpc) is 2.37. The minimum absolute atomic E-state index is 0.133. The van der Waals surface area contributed by atoms with Crippen LogP contribution in [0.15, 0.2) is 18.2 Å². The Balaban J connectivity index is 2.04. The van der Waals surface area contributed by atoms with Gasteiger partial charge in [-0.2, -0.15) is 13.2 Å². The van der Waals surface area contributed by atoms with Crippen LogP contribution < -0.4 is 5.32 Å². The second-order valence-corrected chi connectivity index (χ2v) is 4.62. The van der Waals surface area contributed by atoms with E-state index in [0.717, 1.165) is 32.2 Å². The lowest BCUT2D eigenvalue weighted by atomic mass is 10.1. The molecule has 1 fully saturated rings. The molecule has 0 radical (unpaired) electrons. The van der Waals surface area contributed by atoms with Crippen molar-refractivity contribution >= 4 is 0 Å². The lowest BCUT2D eigenvalue weighted by Gasteiger charge is -2.27. The highest BCUT2D eigenvalue weighted by molar-refractivity contribution is 5.28. The second-order valence-electron chi connectivity index (χ2n) is 4.62. The number of hydrogen-bond acceptors (Lipinski definition) is 2. The highest BCUT2D eigenvalue weighted by Gasteiger charge is 2.34. The van der Waals surface area contributed by atoms with E-state index in [0.29, 0.717) is 13.0 Å². The molecule has 106 valence electrons. The maximum absolute atomic E-state index is 13.8. The van der Waals surface area contributed by atoms with E-state index >= 15 is 0 Å². The molecule has 1 saturated heterocycles. The fourth-order valence-electron chi connectivity index (χ4n) is 2.21. The van der Waals surface area contributed by atoms with Gasteiger partial charge in [-0.3, -0.25) is 0 Å². The van der Waals surface area contributed by atoms with Gasteiger partial charge < -0.3 is 10.2 Å². The van der Waals surface area contributed by atoms with Crippen molar-refractivity contribution in [3.63, 3.8) is 0 Å². The summed E-state index contributed by atoms with van der Waals surface area (Å²) in [4.78, 5) is 2.12. The van der Waals surface area contributed by atoms with Crippen LogP contribution in [0.5, 0.6) is 0 Å². The van der Waals surface area contributed by atoms with Crippen molar-refractivity contribution < 1.29 is 17.6 Å². The lowest BCUT2D eigenvalue weighted by molar-refractivity contribution is -0.140. The largest absolute Gasteiger partial charge is 0.419 e. The molecule has 0 saturated carbocycles. The van der Waals surface area contributed by atoms with Gasteiger partial charge in [0.05, 0.1) is 5.56 Å². The molecular weight excluding hydrogens is 260 g/mol. The summed E-state index contributed by atoms with van der Waals surface area (Å²) >= 11 is 0. The van der Waals surface area contributed by atoms with E-state index in [-0.39, 0.29) is 5.56 Å². The summed E-state index contributed by atoms with van der Waals surface area (Å²) in [7, 11) is 0. The number of halogens is 4. The second kappa shape index (κ2) is 5.88. The van der Waals surface area contributed by atoms with Crippen molar-refractivity contribution in [1.29, 1.82) is 0 Å². The topological polar surface area (TPSA) is 15.3 Å². The number of piperazine rings is 1. The van der Waals surface area contributed by atoms with Gasteiger partial charge in [0, 0.05) is 32.7 Å². The van der Waals surface area contributed by atoms with Gasteiger partial charge >= 0.3 is 6.18 Å². The van der Waals surface area contributed by atoms with Crippen LogP contribution in [0.1, 0.15) is 11.1 Å². The number of nitrogens with zero attached hydrogens (tertiary/aromatic N) is 1. The molecule has 0 aromatic heterocycles. The Morgan fingerprint density at radius 2 is 1.84 bits per heavy atom. The smallest absolute Gasteiger partial charge is 0.314 e. The van der Waals surface area contributed by atoms with Crippen molar-refractivity contribution in [3.05, 3.63) is 35.1 Å². The Kier molecular flexibility index (Phi) is 4.42. The third-order valence-corrected chi connectivity index (χ3v) is 3.29. The Morgan fingerprint density at radius 1 is 1.16 bits per heavy atom. The number of benzene rings is 1. The Bertz CT molecular complexity index is 425. The number of rotatable bonds is 3. The molecule has 0 bridgehead atoms. The van der Waals surface area contributed by atoms with Gasteiger partial charge in [0.15, 0.2) is 0 Å². The van der Waals surface area contributed by atoms with Gasteiger partial charge in [-0.05, 0) is 18.1 Å². The normalized spacial score (nSPS) is 17.7. The van der Waals surface area contributed by atoms with Crippen molar-refractivity contribution in [2.75, 3.05) is 32.7 Å². The molecule has 1 aromatic carbocycles. The van der Waals surface area contributed by atoms with Gasteiger partial charge in [0.1, 0.15) is 5.82 Å². The molecule has 0 spiro atoms. The Hall–Kier alpha value is -1.14. The molecule has 1 aliphatic rings. The number of alkyl halides is 3. The van der Waals surface area contributed by atoms with Crippen LogP contribution in [-0.2, 0) is 12.6 Å². The third kappa shape index (κ3) is 3.67. The summed E-state index contributed by atoms with van der Waals surface area (Å²) in [5, 5.41) is 3.19. The Morgan fingerprint density at radius 3 is 2.47 bits per heavy atom. The van der Waals surface area contributed by atoms with E-state index in [2.05, 4.69) is 10.2 Å². The number of hydrogen-bond donors (Lipinski definition) is 1. The predicted molar refractivity (Wildman–Crippen MR) is 64.4 cm³/mol. The quantitative estimate of drug-likeness (QED) is 0.852. The SMILES string of the molecule is Fc1c(CCN2CCNCC2)cccc1C(F)(F)F. The minimum atomic E-state index is -4.63. The number of nitrogens with one attached hydrogen (secondary N) is 1. The van der Waals surface area contributed by atoms with E-state index in [4.69, 9.17) is 0 Å². The zero-order valence-electron chi connectivity index (χ0n) is 10.4. The molecule has 0 aliphatic carbocycles. The zero-order valence-corrected chi connectivity index (χ0v) is 10.4. The van der Waals surface area contributed by atoms with Crippen LogP contribution >= 0.6 is 0 Å². The summed E-state index contributed by atoms with van der Waals surface area (Å²) < 4.78 is 51.5. The molecule has 2 nitrogen and oxygen atoms in total. The van der Waals surface area contributed by atoms with E-state index in [9.17, 15) is 17.6 Å². The molecule has 2 rings (SSSR count). The first-order valence-electron chi connectivity index (χ1n) is 6.26. The van der Waals surface area contributed by atoms with E-state index in [1.54, 1.807) is 0 Å². The first kappa shape index (κ1) is 14.3. The van der Waals surface area contributed by atoms with Gasteiger partial charge in [0.25, 0.3) is 0 Å². The van der Waals surface area contributed by atoms with Gasteiger partial charge in [-0.25, -0.2) is 4.39 Å². The van der Waals surface area contributed by atoms with Crippen LogP contribution in [0.25, 0.3) is 0 Å². The molecular formula is C13H16F4N2. The molecule has 1 heterocycles. The van der Waals surface area contributed by atoms with Gasteiger partial charge in [-0.15, -0.1) is 0 Å². The fourth-order valence-corrected chi connectivity index (χ4v) is 2.21. The molecule has 6 heteroatoms. The van der Waals surface area contributed by atoms with Crippen LogP contribution in [0.2, 0.25) is 0 Å². The molecule has 19 heavy (non-hydrogen) atoms. The van der Waals surface area contributed by atoms with Crippen molar-refractivity contribution in [3.8, 4) is 0 Å². The first-order valence-corrected chi connectivity index (χ1v) is 6.26. The monoisotopic (exact) mass is 276 g/mol. The molecule has 1 N–H and O–H groups in total. The summed E-state index contributed by atoms with van der Waals surface area (Å²) in [5.41, 5.74) is -1.04. The van der Waals surface area contributed by atoms with E-state index < -0.39 is 17.6 Å². The standard InChI is InChI=1S/C13H16F4N2/c14-12-10(2-1-3-11(12)13(15,16)17)4-7-19-8-5-18-6-9-19/h1-3,18H,4-9H2. The molecule has 1 aromatic rings. The van der Waals surface area contributed by atoms with Crippen molar-refractivity contribution in [2.45, 2.75) is 12.6 Å².